The van der Waals surface area contributed by atoms with Gasteiger partial charge < -0.3 is 4.74 Å². The Morgan fingerprint density at radius 2 is 1.90 bits per heavy atom. The van der Waals surface area contributed by atoms with Crippen molar-refractivity contribution in [2.45, 2.75) is 39.7 Å². The van der Waals surface area contributed by atoms with Crippen LogP contribution in [0.4, 0.5) is 4.39 Å². The highest BCUT2D eigenvalue weighted by Crippen LogP contribution is 2.23. The number of ketones is 1. The standard InChI is InChI=1S/C16H24FNO2/c1-6-18(7-2)16(3,4)14(19)11-12-9-8-10-13(20-5)15(12)17/h8-10H,6-7,11H2,1-5H3. The van der Waals surface area contributed by atoms with Crippen LogP contribution in [0.2, 0.25) is 0 Å². The van der Waals surface area contributed by atoms with E-state index in [9.17, 15) is 9.18 Å². The van der Waals surface area contributed by atoms with Crippen LogP contribution in [0.25, 0.3) is 0 Å². The van der Waals surface area contributed by atoms with E-state index in [0.717, 1.165) is 13.1 Å². The Bertz CT molecular complexity index is 468. The molecule has 0 radical (unpaired) electrons. The molecule has 0 fully saturated rings. The predicted molar refractivity (Wildman–Crippen MR) is 78.7 cm³/mol. The zero-order valence-corrected chi connectivity index (χ0v) is 13.0. The molecule has 1 aromatic rings. The van der Waals surface area contributed by atoms with Crippen molar-refractivity contribution >= 4 is 5.78 Å². The molecule has 0 saturated heterocycles. The Morgan fingerprint density at radius 1 is 1.30 bits per heavy atom. The van der Waals surface area contributed by atoms with Crippen LogP contribution < -0.4 is 4.74 Å². The quantitative estimate of drug-likeness (QED) is 0.769. The van der Waals surface area contributed by atoms with Gasteiger partial charge in [-0.05, 0) is 38.6 Å². The van der Waals surface area contributed by atoms with Gasteiger partial charge in [0.25, 0.3) is 0 Å². The highest BCUT2D eigenvalue weighted by Gasteiger charge is 2.32. The summed E-state index contributed by atoms with van der Waals surface area (Å²) in [5.41, 5.74) is -0.214. The molecule has 0 aliphatic rings. The lowest BCUT2D eigenvalue weighted by molar-refractivity contribution is -0.128. The van der Waals surface area contributed by atoms with Crippen LogP contribution in [0.3, 0.4) is 0 Å². The second-order valence-corrected chi connectivity index (χ2v) is 5.26. The third kappa shape index (κ3) is 3.37. The monoisotopic (exact) mass is 281 g/mol. The fraction of sp³-hybridized carbons (Fsp3) is 0.562. The van der Waals surface area contributed by atoms with Crippen molar-refractivity contribution in [2.75, 3.05) is 20.2 Å². The van der Waals surface area contributed by atoms with E-state index in [1.54, 1.807) is 18.2 Å². The number of ether oxygens (including phenoxy) is 1. The van der Waals surface area contributed by atoms with Crippen LogP contribution in [-0.4, -0.2) is 36.4 Å². The van der Waals surface area contributed by atoms with Gasteiger partial charge in [-0.15, -0.1) is 0 Å². The average molecular weight is 281 g/mol. The van der Waals surface area contributed by atoms with E-state index in [0.29, 0.717) is 5.56 Å². The van der Waals surface area contributed by atoms with Crippen molar-refractivity contribution in [2.24, 2.45) is 0 Å². The maximum absolute atomic E-state index is 14.1. The summed E-state index contributed by atoms with van der Waals surface area (Å²) in [5, 5.41) is 0. The molecule has 20 heavy (non-hydrogen) atoms. The molecule has 0 amide bonds. The fourth-order valence-electron chi connectivity index (χ4n) is 2.43. The summed E-state index contributed by atoms with van der Waals surface area (Å²) in [6.07, 6.45) is 0.0759. The lowest BCUT2D eigenvalue weighted by Gasteiger charge is -2.35. The lowest BCUT2D eigenvalue weighted by Crippen LogP contribution is -2.50. The maximum Gasteiger partial charge on any atom is 0.168 e. The summed E-state index contributed by atoms with van der Waals surface area (Å²) < 4.78 is 19.0. The topological polar surface area (TPSA) is 29.5 Å². The summed E-state index contributed by atoms with van der Waals surface area (Å²) in [5.74, 6) is -0.261. The summed E-state index contributed by atoms with van der Waals surface area (Å²) in [6, 6.07) is 4.89. The zero-order chi connectivity index (χ0) is 15.3. The highest BCUT2D eigenvalue weighted by atomic mass is 19.1. The van der Waals surface area contributed by atoms with Crippen molar-refractivity contribution in [1.82, 2.24) is 4.90 Å². The van der Waals surface area contributed by atoms with Crippen LogP contribution in [0.5, 0.6) is 5.75 Å². The van der Waals surface area contributed by atoms with Gasteiger partial charge in [-0.2, -0.15) is 0 Å². The van der Waals surface area contributed by atoms with E-state index >= 15 is 0 Å². The molecule has 112 valence electrons. The number of Topliss-reactive ketones (excluding diaryl/α,β-unsaturated/α-hetero) is 1. The van der Waals surface area contributed by atoms with E-state index in [1.165, 1.54) is 7.11 Å². The Hall–Kier alpha value is -1.42. The van der Waals surface area contributed by atoms with Gasteiger partial charge in [0.05, 0.1) is 12.6 Å². The van der Waals surface area contributed by atoms with Gasteiger partial charge in [0.2, 0.25) is 0 Å². The number of likely N-dealkylation sites (N-methyl/N-ethyl adjacent to an activating group) is 1. The van der Waals surface area contributed by atoms with E-state index in [4.69, 9.17) is 4.74 Å². The number of carbonyl (C=O) groups is 1. The first-order chi connectivity index (χ1) is 9.38. The van der Waals surface area contributed by atoms with E-state index < -0.39 is 11.4 Å². The summed E-state index contributed by atoms with van der Waals surface area (Å²) in [6.45, 7) is 9.39. The summed E-state index contributed by atoms with van der Waals surface area (Å²) in [7, 11) is 1.42. The van der Waals surface area contributed by atoms with Crippen LogP contribution >= 0.6 is 0 Å². The number of methoxy groups -OCH3 is 1. The summed E-state index contributed by atoms with van der Waals surface area (Å²) in [4.78, 5) is 14.6. The molecule has 4 heteroatoms. The number of rotatable bonds is 7. The number of nitrogens with zero attached hydrogens (tertiary/aromatic N) is 1. The zero-order valence-electron chi connectivity index (χ0n) is 13.0. The number of benzene rings is 1. The Morgan fingerprint density at radius 3 is 2.40 bits per heavy atom. The Kier molecular flexibility index (Phi) is 5.69. The van der Waals surface area contributed by atoms with E-state index in [2.05, 4.69) is 4.90 Å². The number of carbonyl (C=O) groups excluding carboxylic acids is 1. The van der Waals surface area contributed by atoms with Crippen LogP contribution in [0.15, 0.2) is 18.2 Å². The third-order valence-corrected chi connectivity index (χ3v) is 3.85. The van der Waals surface area contributed by atoms with Gasteiger partial charge in [-0.1, -0.05) is 26.0 Å². The average Bonchev–Trinajstić information content (AvgIpc) is 2.42. The highest BCUT2D eigenvalue weighted by molar-refractivity contribution is 5.89. The molecule has 0 unspecified atom stereocenters. The van der Waals surface area contributed by atoms with Crippen LogP contribution in [0.1, 0.15) is 33.3 Å². The van der Waals surface area contributed by atoms with Crippen molar-refractivity contribution in [3.05, 3.63) is 29.6 Å². The molecule has 0 bridgehead atoms. The maximum atomic E-state index is 14.1. The molecule has 3 nitrogen and oxygen atoms in total. The molecule has 0 saturated carbocycles. The minimum atomic E-state index is -0.598. The number of halogens is 1. The minimum absolute atomic E-state index is 0.00773. The second kappa shape index (κ2) is 6.84. The predicted octanol–water partition coefficient (Wildman–Crippen LogP) is 3.07. The Balaban J connectivity index is 2.96. The molecule has 1 rings (SSSR count). The normalized spacial score (nSPS) is 11.8. The Labute approximate surface area is 120 Å². The number of hydrogen-bond donors (Lipinski definition) is 0. The molecule has 0 heterocycles. The van der Waals surface area contributed by atoms with Crippen molar-refractivity contribution in [1.29, 1.82) is 0 Å². The van der Waals surface area contributed by atoms with Gasteiger partial charge in [0, 0.05) is 6.42 Å². The van der Waals surface area contributed by atoms with Gasteiger partial charge in [0.1, 0.15) is 0 Å². The smallest absolute Gasteiger partial charge is 0.168 e. The van der Waals surface area contributed by atoms with Gasteiger partial charge in [-0.3, -0.25) is 9.69 Å². The van der Waals surface area contributed by atoms with Crippen molar-refractivity contribution < 1.29 is 13.9 Å². The van der Waals surface area contributed by atoms with Crippen LogP contribution in [0, 0.1) is 5.82 Å². The van der Waals surface area contributed by atoms with E-state index in [-0.39, 0.29) is 18.0 Å². The first-order valence-corrected chi connectivity index (χ1v) is 6.98. The molecule has 0 aliphatic carbocycles. The molecule has 0 aromatic heterocycles. The first kappa shape index (κ1) is 16.6. The van der Waals surface area contributed by atoms with Crippen LogP contribution in [-0.2, 0) is 11.2 Å². The van der Waals surface area contributed by atoms with Gasteiger partial charge in [-0.25, -0.2) is 4.39 Å². The van der Waals surface area contributed by atoms with Crippen molar-refractivity contribution in [3.8, 4) is 5.75 Å². The summed E-state index contributed by atoms with van der Waals surface area (Å²) >= 11 is 0. The molecular formula is C16H24FNO2. The van der Waals surface area contributed by atoms with Gasteiger partial charge in [0.15, 0.2) is 17.3 Å². The second-order valence-electron chi connectivity index (χ2n) is 5.26. The molecule has 0 N–H and O–H groups in total. The molecule has 0 aliphatic heterocycles. The van der Waals surface area contributed by atoms with E-state index in [1.807, 2.05) is 27.7 Å². The third-order valence-electron chi connectivity index (χ3n) is 3.85. The number of hydrogen-bond acceptors (Lipinski definition) is 3. The van der Waals surface area contributed by atoms with Crippen molar-refractivity contribution in [3.63, 3.8) is 0 Å². The first-order valence-electron chi connectivity index (χ1n) is 6.98. The molecular weight excluding hydrogens is 257 g/mol. The fourth-order valence-corrected chi connectivity index (χ4v) is 2.43. The molecule has 0 atom stereocenters. The SMILES string of the molecule is CCN(CC)C(C)(C)C(=O)Cc1cccc(OC)c1F. The van der Waals surface area contributed by atoms with Gasteiger partial charge >= 0.3 is 0 Å². The molecule has 0 spiro atoms. The largest absolute Gasteiger partial charge is 0.494 e. The minimum Gasteiger partial charge on any atom is -0.494 e. The molecule has 1 aromatic carbocycles. The lowest BCUT2D eigenvalue weighted by atomic mass is 9.91.